The molecule has 1 aromatic rings. The van der Waals surface area contributed by atoms with E-state index in [0.29, 0.717) is 0 Å². The maximum atomic E-state index is 4.17. The number of rotatable bonds is 5. The van der Waals surface area contributed by atoms with Crippen LogP contribution in [0, 0.1) is 0 Å². The molecule has 1 aromatic heterocycles. The summed E-state index contributed by atoms with van der Waals surface area (Å²) in [5.74, 6) is 1.18. The first-order valence-corrected chi connectivity index (χ1v) is 7.04. The average Bonchev–Trinajstić information content (AvgIpc) is 2.62. The zero-order valence-electron chi connectivity index (χ0n) is 11.0. The van der Waals surface area contributed by atoms with Crippen molar-refractivity contribution in [2.75, 3.05) is 25.6 Å². The minimum atomic E-state index is 0.145. The minimum Gasteiger partial charge on any atom is -0.301 e. The Labute approximate surface area is 103 Å². The van der Waals surface area contributed by atoms with Gasteiger partial charge in [-0.15, -0.1) is 0 Å². The fraction of sp³-hybridized carbons (Fsp3) is 0.750. The monoisotopic (exact) mass is 241 g/mol. The minimum absolute atomic E-state index is 0.145. The first kappa shape index (κ1) is 13.6. The Bertz CT molecular complexity index is 314. The Hall–Kier alpha value is -0.480. The quantitative estimate of drug-likeness (QED) is 0.859. The summed E-state index contributed by atoms with van der Waals surface area (Å²) in [4.78, 5) is 2.34. The second kappa shape index (κ2) is 5.73. The van der Waals surface area contributed by atoms with Crippen LogP contribution in [0.15, 0.2) is 6.20 Å². The normalized spacial score (nSPS) is 12.4. The third-order valence-corrected chi connectivity index (χ3v) is 3.18. The van der Waals surface area contributed by atoms with E-state index < -0.39 is 0 Å². The van der Waals surface area contributed by atoms with Gasteiger partial charge in [0.1, 0.15) is 0 Å². The lowest BCUT2D eigenvalue weighted by atomic mass is 9.89. The topological polar surface area (TPSA) is 31.9 Å². The van der Waals surface area contributed by atoms with E-state index in [9.17, 15) is 0 Å². The summed E-state index contributed by atoms with van der Waals surface area (Å²) in [7, 11) is 2.16. The zero-order valence-corrected chi connectivity index (χ0v) is 11.8. The number of hydrogen-bond donors (Lipinski definition) is 1. The lowest BCUT2D eigenvalue weighted by molar-refractivity contribution is 0.345. The molecule has 1 heterocycles. The van der Waals surface area contributed by atoms with E-state index in [-0.39, 0.29) is 5.41 Å². The van der Waals surface area contributed by atoms with Crippen molar-refractivity contribution in [2.45, 2.75) is 32.7 Å². The maximum absolute atomic E-state index is 4.17. The highest BCUT2D eigenvalue weighted by Gasteiger charge is 2.20. The molecule has 0 saturated heterocycles. The molecule has 0 spiro atoms. The standard InChI is InChI=1S/C12H23N3S/c1-12(2,3)11-10(8-13-14-11)9-15(4)6-7-16-5/h8H,6-7,9H2,1-5H3,(H,13,14). The van der Waals surface area contributed by atoms with Crippen molar-refractivity contribution in [3.63, 3.8) is 0 Å². The predicted molar refractivity (Wildman–Crippen MR) is 72.0 cm³/mol. The van der Waals surface area contributed by atoms with Gasteiger partial charge in [-0.05, 0) is 13.3 Å². The van der Waals surface area contributed by atoms with Gasteiger partial charge < -0.3 is 4.90 Å². The summed E-state index contributed by atoms with van der Waals surface area (Å²) in [5, 5.41) is 7.29. The van der Waals surface area contributed by atoms with Crippen LogP contribution in [0.2, 0.25) is 0 Å². The van der Waals surface area contributed by atoms with Gasteiger partial charge >= 0.3 is 0 Å². The Kier molecular flexibility index (Phi) is 4.87. The molecule has 0 amide bonds. The van der Waals surface area contributed by atoms with Crippen molar-refractivity contribution in [2.24, 2.45) is 0 Å². The molecule has 92 valence electrons. The highest BCUT2D eigenvalue weighted by Crippen LogP contribution is 2.24. The molecule has 0 fully saturated rings. The highest BCUT2D eigenvalue weighted by molar-refractivity contribution is 7.98. The number of aromatic amines is 1. The van der Waals surface area contributed by atoms with E-state index in [2.05, 4.69) is 49.2 Å². The molecule has 0 atom stereocenters. The number of nitrogens with one attached hydrogen (secondary N) is 1. The molecule has 0 radical (unpaired) electrons. The molecule has 16 heavy (non-hydrogen) atoms. The van der Waals surface area contributed by atoms with Gasteiger partial charge in [-0.2, -0.15) is 16.9 Å². The van der Waals surface area contributed by atoms with Gasteiger partial charge in [-0.3, -0.25) is 5.10 Å². The fourth-order valence-electron chi connectivity index (χ4n) is 1.70. The van der Waals surface area contributed by atoms with Crippen LogP contribution in [0.3, 0.4) is 0 Å². The first-order chi connectivity index (χ1) is 7.45. The molecule has 0 bridgehead atoms. The van der Waals surface area contributed by atoms with Crippen LogP contribution < -0.4 is 0 Å². The summed E-state index contributed by atoms with van der Waals surface area (Å²) in [6.07, 6.45) is 4.10. The highest BCUT2D eigenvalue weighted by atomic mass is 32.2. The van der Waals surface area contributed by atoms with E-state index in [4.69, 9.17) is 0 Å². The first-order valence-electron chi connectivity index (χ1n) is 5.65. The second-order valence-electron chi connectivity index (χ2n) is 5.25. The van der Waals surface area contributed by atoms with Gasteiger partial charge in [0.2, 0.25) is 0 Å². The van der Waals surface area contributed by atoms with Crippen LogP contribution in [0.4, 0.5) is 0 Å². The Morgan fingerprint density at radius 3 is 2.69 bits per heavy atom. The summed E-state index contributed by atoms with van der Waals surface area (Å²) >= 11 is 1.89. The van der Waals surface area contributed by atoms with Gasteiger partial charge in [0.25, 0.3) is 0 Å². The molecule has 0 saturated carbocycles. The predicted octanol–water partition coefficient (Wildman–Crippen LogP) is 2.50. The second-order valence-corrected chi connectivity index (χ2v) is 6.24. The molecular formula is C12H23N3S. The number of aromatic nitrogens is 2. The number of hydrogen-bond acceptors (Lipinski definition) is 3. The fourth-order valence-corrected chi connectivity index (χ4v) is 2.19. The smallest absolute Gasteiger partial charge is 0.0535 e. The third-order valence-electron chi connectivity index (χ3n) is 2.59. The van der Waals surface area contributed by atoms with E-state index in [0.717, 1.165) is 13.1 Å². The van der Waals surface area contributed by atoms with Crippen LogP contribution in [-0.4, -0.2) is 40.7 Å². The van der Waals surface area contributed by atoms with Crippen LogP contribution in [0.5, 0.6) is 0 Å². The van der Waals surface area contributed by atoms with Crippen LogP contribution >= 0.6 is 11.8 Å². The molecule has 1 rings (SSSR count). The number of H-pyrrole nitrogens is 1. The SMILES string of the molecule is CSCCN(C)Cc1cn[nH]c1C(C)(C)C. The summed E-state index contributed by atoms with van der Waals surface area (Å²) in [5.41, 5.74) is 2.71. The Morgan fingerprint density at radius 1 is 1.44 bits per heavy atom. The molecule has 0 aliphatic carbocycles. The van der Waals surface area contributed by atoms with Crippen molar-refractivity contribution in [1.29, 1.82) is 0 Å². The van der Waals surface area contributed by atoms with Gasteiger partial charge in [0, 0.05) is 35.5 Å². The van der Waals surface area contributed by atoms with Crippen molar-refractivity contribution >= 4 is 11.8 Å². The largest absolute Gasteiger partial charge is 0.301 e. The molecule has 4 heteroatoms. The summed E-state index contributed by atoms with van der Waals surface area (Å²) in [6.45, 7) is 8.74. The molecule has 0 unspecified atom stereocenters. The molecule has 0 aliphatic rings. The lowest BCUT2D eigenvalue weighted by Crippen LogP contribution is -2.23. The summed E-state index contributed by atoms with van der Waals surface area (Å²) in [6, 6.07) is 0. The van der Waals surface area contributed by atoms with Crippen LogP contribution in [0.25, 0.3) is 0 Å². The van der Waals surface area contributed by atoms with E-state index >= 15 is 0 Å². The maximum Gasteiger partial charge on any atom is 0.0535 e. The van der Waals surface area contributed by atoms with E-state index in [1.807, 2.05) is 18.0 Å². The third kappa shape index (κ3) is 3.83. The van der Waals surface area contributed by atoms with Crippen LogP contribution in [-0.2, 0) is 12.0 Å². The lowest BCUT2D eigenvalue weighted by Gasteiger charge is -2.21. The van der Waals surface area contributed by atoms with Crippen molar-refractivity contribution in [3.8, 4) is 0 Å². The molecule has 1 N–H and O–H groups in total. The summed E-state index contributed by atoms with van der Waals surface area (Å²) < 4.78 is 0. The molecule has 3 nitrogen and oxygen atoms in total. The molecular weight excluding hydrogens is 218 g/mol. The Morgan fingerprint density at radius 2 is 2.12 bits per heavy atom. The van der Waals surface area contributed by atoms with E-state index in [1.54, 1.807) is 0 Å². The van der Waals surface area contributed by atoms with Gasteiger partial charge in [0.15, 0.2) is 0 Å². The number of thioether (sulfide) groups is 1. The van der Waals surface area contributed by atoms with Crippen molar-refractivity contribution < 1.29 is 0 Å². The van der Waals surface area contributed by atoms with Crippen molar-refractivity contribution in [1.82, 2.24) is 15.1 Å². The van der Waals surface area contributed by atoms with Gasteiger partial charge in [0.05, 0.1) is 6.20 Å². The molecule has 0 aliphatic heterocycles. The molecule has 0 aromatic carbocycles. The number of nitrogens with zero attached hydrogens (tertiary/aromatic N) is 2. The van der Waals surface area contributed by atoms with E-state index in [1.165, 1.54) is 17.0 Å². The average molecular weight is 241 g/mol. The van der Waals surface area contributed by atoms with Gasteiger partial charge in [-0.1, -0.05) is 20.8 Å². The Balaban J connectivity index is 2.64. The zero-order chi connectivity index (χ0) is 12.2. The van der Waals surface area contributed by atoms with Gasteiger partial charge in [-0.25, -0.2) is 0 Å². The van der Waals surface area contributed by atoms with Crippen LogP contribution in [0.1, 0.15) is 32.0 Å². The van der Waals surface area contributed by atoms with Crippen molar-refractivity contribution in [3.05, 3.63) is 17.5 Å².